The normalized spacial score (nSPS) is 12.3. The van der Waals surface area contributed by atoms with Crippen molar-refractivity contribution >= 4 is 16.0 Å². The van der Waals surface area contributed by atoms with Crippen LogP contribution >= 0.6 is 0 Å². The fourth-order valence-electron chi connectivity index (χ4n) is 3.38. The number of amides is 1. The van der Waals surface area contributed by atoms with Crippen LogP contribution in [0.15, 0.2) is 0 Å². The van der Waals surface area contributed by atoms with Crippen LogP contribution in [0.1, 0.15) is 90.4 Å². The first kappa shape index (κ1) is 27.3. The van der Waals surface area contributed by atoms with Crippen molar-refractivity contribution in [2.45, 2.75) is 90.4 Å². The van der Waals surface area contributed by atoms with E-state index in [4.69, 9.17) is 0 Å². The summed E-state index contributed by atoms with van der Waals surface area (Å²) in [4.78, 5) is 11.9. The zero-order valence-electron chi connectivity index (χ0n) is 18.5. The van der Waals surface area contributed by atoms with Gasteiger partial charge in [0.25, 0.3) is 0 Å². The molecule has 0 aliphatic heterocycles. The lowest BCUT2D eigenvalue weighted by Gasteiger charge is -2.30. The Hall–Kier alpha value is -0.660. The first-order chi connectivity index (χ1) is 13.2. The van der Waals surface area contributed by atoms with Gasteiger partial charge in [-0.25, -0.2) is 8.42 Å². The van der Waals surface area contributed by atoms with Crippen LogP contribution in [-0.2, 0) is 14.9 Å². The van der Waals surface area contributed by atoms with E-state index in [0.29, 0.717) is 23.9 Å². The number of rotatable bonds is 19. The first-order valence-corrected chi connectivity index (χ1v) is 12.8. The van der Waals surface area contributed by atoms with Crippen LogP contribution in [0.5, 0.6) is 0 Å². The van der Waals surface area contributed by atoms with Gasteiger partial charge in [-0.05, 0) is 6.42 Å². The highest BCUT2D eigenvalue weighted by Crippen LogP contribution is 2.10. The Kier molecular flexibility index (Phi) is 15.8. The Morgan fingerprint density at radius 1 is 0.821 bits per heavy atom. The molecule has 0 heterocycles. The van der Waals surface area contributed by atoms with E-state index in [1.807, 2.05) is 14.1 Å². The topological polar surface area (TPSA) is 86.3 Å². The summed E-state index contributed by atoms with van der Waals surface area (Å²) in [5.74, 6) is -0.216. The maximum atomic E-state index is 11.9. The van der Waals surface area contributed by atoms with E-state index >= 15 is 0 Å². The quantitative estimate of drug-likeness (QED) is 0.195. The number of nitrogens with one attached hydrogen (secondary N) is 1. The van der Waals surface area contributed by atoms with Crippen molar-refractivity contribution < 1.29 is 22.2 Å². The van der Waals surface area contributed by atoms with Crippen LogP contribution in [-0.4, -0.2) is 62.8 Å². The summed E-state index contributed by atoms with van der Waals surface area (Å²) in [6.07, 6.45) is 14.5. The van der Waals surface area contributed by atoms with E-state index in [1.54, 1.807) is 0 Å². The third-order valence-corrected chi connectivity index (χ3v) is 5.97. The molecule has 0 aromatic rings. The molecule has 0 rings (SSSR count). The maximum absolute atomic E-state index is 11.9. The second-order valence-electron chi connectivity index (χ2n) is 8.63. The summed E-state index contributed by atoms with van der Waals surface area (Å²) in [7, 11) is -0.132. The minimum atomic E-state index is -4.13. The summed E-state index contributed by atoms with van der Waals surface area (Å²) < 4.78 is 32.6. The number of carbonyl (C=O) groups is 1. The van der Waals surface area contributed by atoms with Crippen LogP contribution < -0.4 is 5.32 Å². The largest absolute Gasteiger partial charge is 0.748 e. The number of carbonyl (C=O) groups excluding carboxylic acids is 1. The molecule has 0 bridgehead atoms. The zero-order chi connectivity index (χ0) is 21.3. The molecule has 168 valence electrons. The van der Waals surface area contributed by atoms with Crippen LogP contribution in [0.2, 0.25) is 0 Å². The standard InChI is InChI=1S/C21H44N2O4S/c1-4-5-6-7-8-9-10-11-12-13-17-22-21(24)16-14-18-23(2,3)19-15-20-28(25,26)27/h4-20H2,1-3H3,(H-,22,24,25,26,27). The van der Waals surface area contributed by atoms with Crippen molar-refractivity contribution in [2.24, 2.45) is 0 Å². The molecule has 1 amide bonds. The molecule has 0 spiro atoms. The molecule has 0 unspecified atom stereocenters. The predicted octanol–water partition coefficient (Wildman–Crippen LogP) is 3.82. The fraction of sp³-hybridized carbons (Fsp3) is 0.952. The highest BCUT2D eigenvalue weighted by Gasteiger charge is 2.15. The Labute approximate surface area is 173 Å². The van der Waals surface area contributed by atoms with Crippen molar-refractivity contribution in [1.82, 2.24) is 5.32 Å². The molecule has 0 aliphatic rings. The number of hydrogen-bond acceptors (Lipinski definition) is 4. The summed E-state index contributed by atoms with van der Waals surface area (Å²) in [5.41, 5.74) is 0. The minimum absolute atomic E-state index is 0.0954. The number of quaternary nitrogens is 1. The smallest absolute Gasteiger partial charge is 0.220 e. The Morgan fingerprint density at radius 2 is 1.32 bits per heavy atom. The van der Waals surface area contributed by atoms with Crippen LogP contribution in [0.25, 0.3) is 0 Å². The van der Waals surface area contributed by atoms with Gasteiger partial charge in [-0.15, -0.1) is 0 Å². The van der Waals surface area contributed by atoms with E-state index in [1.165, 1.54) is 57.8 Å². The van der Waals surface area contributed by atoms with Crippen molar-refractivity contribution in [3.8, 4) is 0 Å². The molecule has 0 aromatic carbocycles. The van der Waals surface area contributed by atoms with Crippen LogP contribution in [0, 0.1) is 0 Å². The van der Waals surface area contributed by atoms with Gasteiger partial charge < -0.3 is 14.4 Å². The maximum Gasteiger partial charge on any atom is 0.220 e. The molecule has 0 aliphatic carbocycles. The van der Waals surface area contributed by atoms with Crippen molar-refractivity contribution in [3.05, 3.63) is 0 Å². The third kappa shape index (κ3) is 20.1. The monoisotopic (exact) mass is 420 g/mol. The molecule has 0 saturated heterocycles. The van der Waals surface area contributed by atoms with Crippen LogP contribution in [0.4, 0.5) is 0 Å². The van der Waals surface area contributed by atoms with Gasteiger partial charge >= 0.3 is 0 Å². The lowest BCUT2D eigenvalue weighted by atomic mass is 10.1. The average Bonchev–Trinajstić information content (AvgIpc) is 2.58. The number of nitrogens with zero attached hydrogens (tertiary/aromatic N) is 1. The van der Waals surface area contributed by atoms with E-state index in [9.17, 15) is 17.8 Å². The van der Waals surface area contributed by atoms with Crippen molar-refractivity contribution in [1.29, 1.82) is 0 Å². The lowest BCUT2D eigenvalue weighted by Crippen LogP contribution is -2.42. The summed E-state index contributed by atoms with van der Waals surface area (Å²) in [6.45, 7) is 4.43. The van der Waals surface area contributed by atoms with Gasteiger partial charge in [0.1, 0.15) is 0 Å². The van der Waals surface area contributed by atoms with Crippen molar-refractivity contribution in [2.75, 3.05) is 39.5 Å². The predicted molar refractivity (Wildman–Crippen MR) is 115 cm³/mol. The molecule has 0 aromatic heterocycles. The minimum Gasteiger partial charge on any atom is -0.748 e. The Morgan fingerprint density at radius 3 is 1.86 bits per heavy atom. The molecule has 6 nitrogen and oxygen atoms in total. The number of hydrogen-bond donors (Lipinski definition) is 1. The highest BCUT2D eigenvalue weighted by atomic mass is 32.2. The molecule has 28 heavy (non-hydrogen) atoms. The molecule has 0 saturated carbocycles. The Bertz CT molecular complexity index is 493. The van der Waals surface area contributed by atoms with E-state index in [2.05, 4.69) is 12.2 Å². The summed E-state index contributed by atoms with van der Waals surface area (Å²) in [6, 6.07) is 0. The molecule has 7 heteroatoms. The Balaban J connectivity index is 3.52. The SMILES string of the molecule is CCCCCCCCCCCCNC(=O)CCC[N+](C)(C)CCCS(=O)(=O)[O-]. The van der Waals surface area contributed by atoms with Crippen LogP contribution in [0.3, 0.4) is 0 Å². The molecular formula is C21H44N2O4S. The lowest BCUT2D eigenvalue weighted by molar-refractivity contribution is -0.890. The molecule has 0 fully saturated rings. The molecular weight excluding hydrogens is 376 g/mol. The fourth-order valence-corrected chi connectivity index (χ4v) is 3.86. The van der Waals surface area contributed by atoms with E-state index in [-0.39, 0.29) is 11.7 Å². The van der Waals surface area contributed by atoms with Crippen molar-refractivity contribution in [3.63, 3.8) is 0 Å². The van der Waals surface area contributed by atoms with Gasteiger partial charge in [0, 0.05) is 31.6 Å². The highest BCUT2D eigenvalue weighted by molar-refractivity contribution is 7.85. The molecule has 0 radical (unpaired) electrons. The summed E-state index contributed by atoms with van der Waals surface area (Å²) >= 11 is 0. The van der Waals surface area contributed by atoms with Gasteiger partial charge in [0.05, 0.1) is 37.3 Å². The number of unbranched alkanes of at least 4 members (excludes halogenated alkanes) is 9. The first-order valence-electron chi connectivity index (χ1n) is 11.2. The second-order valence-corrected chi connectivity index (χ2v) is 10.2. The van der Waals surface area contributed by atoms with E-state index < -0.39 is 10.1 Å². The zero-order valence-corrected chi connectivity index (χ0v) is 19.3. The average molecular weight is 421 g/mol. The van der Waals surface area contributed by atoms with Gasteiger partial charge in [-0.3, -0.25) is 4.79 Å². The van der Waals surface area contributed by atoms with Gasteiger partial charge in [-0.2, -0.15) is 0 Å². The van der Waals surface area contributed by atoms with Gasteiger partial charge in [0.2, 0.25) is 5.91 Å². The molecule has 0 atom stereocenters. The van der Waals surface area contributed by atoms with E-state index in [0.717, 1.165) is 25.9 Å². The van der Waals surface area contributed by atoms with Gasteiger partial charge in [-0.1, -0.05) is 64.7 Å². The summed E-state index contributed by atoms with van der Waals surface area (Å²) in [5, 5.41) is 2.99. The molecule has 1 N–H and O–H groups in total. The van der Waals surface area contributed by atoms with Gasteiger partial charge in [0.15, 0.2) is 0 Å². The third-order valence-electron chi connectivity index (χ3n) is 5.18. The second kappa shape index (κ2) is 16.2.